The van der Waals surface area contributed by atoms with Crippen molar-refractivity contribution in [3.05, 3.63) is 64.4 Å². The molecule has 0 saturated heterocycles. The number of hydrogen-bond acceptors (Lipinski definition) is 5. The van der Waals surface area contributed by atoms with Crippen molar-refractivity contribution >= 4 is 22.5 Å². The molecule has 6 nitrogen and oxygen atoms in total. The summed E-state index contributed by atoms with van der Waals surface area (Å²) in [5.41, 5.74) is 5.74. The van der Waals surface area contributed by atoms with Crippen LogP contribution in [0.4, 0.5) is 5.82 Å². The van der Waals surface area contributed by atoms with E-state index in [1.54, 1.807) is 14.0 Å². The lowest BCUT2D eigenvalue weighted by molar-refractivity contribution is -0.116. The number of ketones is 1. The zero-order valence-corrected chi connectivity index (χ0v) is 29.5. The average Bonchev–Trinajstić information content (AvgIpc) is 3.30. The molecule has 2 aromatic heterocycles. The molecular formula is C38H60N4O2. The fourth-order valence-electron chi connectivity index (χ4n) is 6.29. The number of carbonyl (C=O) groups excluding carboxylic acids is 1. The third-order valence-corrected chi connectivity index (χ3v) is 8.69. The van der Waals surface area contributed by atoms with Crippen LogP contribution in [0.2, 0.25) is 0 Å². The molecule has 1 saturated carbocycles. The molecule has 0 atom stereocenters. The van der Waals surface area contributed by atoms with Gasteiger partial charge in [-0.1, -0.05) is 84.3 Å². The largest absolute Gasteiger partial charge is 0.502 e. The zero-order valence-electron chi connectivity index (χ0n) is 29.5. The highest BCUT2D eigenvalue weighted by Gasteiger charge is 2.19. The molecular weight excluding hydrogens is 544 g/mol. The molecule has 1 aliphatic rings. The van der Waals surface area contributed by atoms with E-state index in [0.717, 1.165) is 64.2 Å². The molecule has 0 radical (unpaired) electrons. The van der Waals surface area contributed by atoms with Crippen molar-refractivity contribution in [2.75, 3.05) is 26.1 Å². The van der Waals surface area contributed by atoms with Crippen LogP contribution in [0.5, 0.6) is 0 Å². The summed E-state index contributed by atoms with van der Waals surface area (Å²) < 4.78 is 5.16. The minimum atomic E-state index is 0.202. The number of nitrogens with one attached hydrogen (secondary N) is 1. The Balaban J connectivity index is 0.000000235. The Hall–Kier alpha value is -3.15. The second kappa shape index (κ2) is 19.3. The first-order chi connectivity index (χ1) is 21.0. The van der Waals surface area contributed by atoms with E-state index in [4.69, 9.17) is 4.74 Å². The lowest BCUT2D eigenvalue weighted by Gasteiger charge is -2.27. The van der Waals surface area contributed by atoms with Crippen LogP contribution in [0.3, 0.4) is 0 Å². The number of fused-ring (bicyclic) bond motifs is 1. The summed E-state index contributed by atoms with van der Waals surface area (Å²) in [6.45, 7) is 14.3. The van der Waals surface area contributed by atoms with Crippen molar-refractivity contribution in [2.45, 2.75) is 119 Å². The number of aromatic nitrogens is 3. The molecule has 0 spiro atoms. The Morgan fingerprint density at radius 2 is 1.55 bits per heavy atom. The number of hydrogen-bond donors (Lipinski definition) is 1. The summed E-state index contributed by atoms with van der Waals surface area (Å²) in [4.78, 5) is 25.6. The van der Waals surface area contributed by atoms with Crippen LogP contribution in [-0.2, 0) is 28.8 Å². The number of allylic oxidation sites excluding steroid dienone is 2. The number of aromatic amines is 1. The molecule has 1 aromatic carbocycles. The Labute approximate surface area is 268 Å². The molecule has 0 unspecified atom stereocenters. The number of Topliss-reactive ketones (excluding diaryl/α,β-unsaturated/α-hetero) is 1. The molecule has 1 N–H and O–H groups in total. The molecule has 244 valence electrons. The molecule has 1 fully saturated rings. The summed E-state index contributed by atoms with van der Waals surface area (Å²) in [5.74, 6) is 5.07. The van der Waals surface area contributed by atoms with Crippen molar-refractivity contribution in [1.82, 2.24) is 15.0 Å². The van der Waals surface area contributed by atoms with Gasteiger partial charge in [-0.15, -0.1) is 0 Å². The maximum Gasteiger partial charge on any atom is 0.139 e. The third-order valence-electron chi connectivity index (χ3n) is 8.69. The highest BCUT2D eigenvalue weighted by atomic mass is 16.5. The van der Waals surface area contributed by atoms with Gasteiger partial charge in [0.15, 0.2) is 0 Å². The molecule has 3 aromatic rings. The van der Waals surface area contributed by atoms with Crippen molar-refractivity contribution in [2.24, 2.45) is 11.8 Å². The van der Waals surface area contributed by atoms with Gasteiger partial charge in [0.25, 0.3) is 0 Å². The fraction of sp³-hybridized carbons (Fsp3) is 0.605. The predicted molar refractivity (Wildman–Crippen MR) is 188 cm³/mol. The highest BCUT2D eigenvalue weighted by Crippen LogP contribution is 2.33. The Bertz CT molecular complexity index is 1300. The van der Waals surface area contributed by atoms with E-state index < -0.39 is 0 Å². The van der Waals surface area contributed by atoms with Crippen molar-refractivity contribution < 1.29 is 9.53 Å². The first kappa shape index (κ1) is 37.0. The monoisotopic (exact) mass is 604 g/mol. The second-order valence-electron chi connectivity index (χ2n) is 12.6. The average molecular weight is 605 g/mol. The minimum absolute atomic E-state index is 0.202. The smallest absolute Gasteiger partial charge is 0.139 e. The van der Waals surface area contributed by atoms with Gasteiger partial charge in [-0.2, -0.15) is 0 Å². The van der Waals surface area contributed by atoms with Gasteiger partial charge in [0.2, 0.25) is 0 Å². The number of methoxy groups -OCH3 is 1. The number of anilines is 1. The van der Waals surface area contributed by atoms with Gasteiger partial charge in [-0.25, -0.2) is 9.97 Å². The summed E-state index contributed by atoms with van der Waals surface area (Å²) in [6, 6.07) is 8.06. The van der Waals surface area contributed by atoms with E-state index in [1.165, 1.54) is 62.6 Å². The van der Waals surface area contributed by atoms with Crippen LogP contribution in [0, 0.1) is 25.7 Å². The van der Waals surface area contributed by atoms with Crippen LogP contribution in [0.15, 0.2) is 36.1 Å². The topological polar surface area (TPSA) is 71.1 Å². The van der Waals surface area contributed by atoms with Crippen molar-refractivity contribution in [3.63, 3.8) is 0 Å². The summed E-state index contributed by atoms with van der Waals surface area (Å²) in [6.07, 6.45) is 16.2. The molecule has 2 heterocycles. The van der Waals surface area contributed by atoms with Crippen LogP contribution < -0.4 is 4.90 Å². The number of carbonyl (C=O) groups is 1. The number of H-pyrrole nitrogens is 1. The van der Waals surface area contributed by atoms with Gasteiger partial charge in [0.1, 0.15) is 17.4 Å². The van der Waals surface area contributed by atoms with Gasteiger partial charge < -0.3 is 14.6 Å². The number of benzene rings is 1. The molecule has 0 aliphatic heterocycles. The molecule has 6 heteroatoms. The molecule has 1 aliphatic carbocycles. The Morgan fingerprint density at radius 1 is 0.955 bits per heavy atom. The van der Waals surface area contributed by atoms with E-state index >= 15 is 0 Å². The standard InChI is InChI=1S/C15H23NO2.C12H24.C11H13N3/c1-6-15-13(8-7-11(3)18-5)14(9-10(2)17)12(4)16-15;1-3-5-11-7-9-12(6-4-2)10-8-11;1-8-12-10-7-5-4-6-9(10)11(13-8)14(2)3/h7,16H,6,8-9H2,1-5H3;11-12H,3-10H2,1-2H3;4-7H,1-3H3/b11-7+;;. The van der Waals surface area contributed by atoms with Crippen LogP contribution in [0.25, 0.3) is 10.9 Å². The van der Waals surface area contributed by atoms with Crippen LogP contribution in [0.1, 0.15) is 114 Å². The number of ether oxygens (including phenoxy) is 1. The highest BCUT2D eigenvalue weighted by molar-refractivity contribution is 5.89. The van der Waals surface area contributed by atoms with Gasteiger partial charge in [0.05, 0.1) is 18.4 Å². The summed E-state index contributed by atoms with van der Waals surface area (Å²) >= 11 is 0. The maximum atomic E-state index is 11.4. The first-order valence-electron chi connectivity index (χ1n) is 16.8. The van der Waals surface area contributed by atoms with Crippen LogP contribution >= 0.6 is 0 Å². The van der Waals surface area contributed by atoms with Gasteiger partial charge in [-0.05, 0) is 81.7 Å². The van der Waals surface area contributed by atoms with E-state index in [1.807, 2.05) is 64.0 Å². The van der Waals surface area contributed by atoms with Gasteiger partial charge in [0, 0.05) is 37.3 Å². The Kier molecular flexibility index (Phi) is 16.2. The predicted octanol–water partition coefficient (Wildman–Crippen LogP) is 9.51. The SMILES string of the molecule is CCCC1CCC(CCC)CC1.CCc1[nH]c(C)c(CC(C)=O)c1C/C=C(\C)OC.Cc1nc(N(C)C)c2ccccc2n1. The molecule has 0 amide bonds. The molecule has 44 heavy (non-hydrogen) atoms. The number of aryl methyl sites for hydroxylation is 3. The number of para-hydroxylation sites is 1. The fourth-order valence-corrected chi connectivity index (χ4v) is 6.29. The third kappa shape index (κ3) is 11.7. The second-order valence-corrected chi connectivity index (χ2v) is 12.6. The number of rotatable bonds is 11. The van der Waals surface area contributed by atoms with E-state index in [-0.39, 0.29) is 5.78 Å². The summed E-state index contributed by atoms with van der Waals surface area (Å²) in [5, 5.41) is 1.10. The van der Waals surface area contributed by atoms with E-state index in [9.17, 15) is 4.79 Å². The Morgan fingerprint density at radius 3 is 2.05 bits per heavy atom. The van der Waals surface area contributed by atoms with Gasteiger partial charge in [-0.3, -0.25) is 4.79 Å². The lowest BCUT2D eigenvalue weighted by atomic mass is 9.78. The number of nitrogens with zero attached hydrogens (tertiary/aromatic N) is 3. The van der Waals surface area contributed by atoms with E-state index in [0.29, 0.717) is 6.42 Å². The molecule has 0 bridgehead atoms. The maximum absolute atomic E-state index is 11.4. The van der Waals surface area contributed by atoms with Crippen molar-refractivity contribution in [1.29, 1.82) is 0 Å². The quantitative estimate of drug-likeness (QED) is 0.221. The van der Waals surface area contributed by atoms with Gasteiger partial charge >= 0.3 is 0 Å². The first-order valence-corrected chi connectivity index (χ1v) is 16.8. The molecule has 4 rings (SSSR count). The van der Waals surface area contributed by atoms with E-state index in [2.05, 4.69) is 41.8 Å². The zero-order chi connectivity index (χ0) is 32.6. The lowest BCUT2D eigenvalue weighted by Crippen LogP contribution is -2.14. The van der Waals surface area contributed by atoms with Crippen molar-refractivity contribution in [3.8, 4) is 0 Å². The van der Waals surface area contributed by atoms with Crippen LogP contribution in [-0.4, -0.2) is 41.9 Å². The summed E-state index contributed by atoms with van der Waals surface area (Å²) in [7, 11) is 5.66. The normalized spacial score (nSPS) is 16.5. The minimum Gasteiger partial charge on any atom is -0.502 e.